The Balaban J connectivity index is 2.30. The predicted molar refractivity (Wildman–Crippen MR) is 125 cm³/mol. The first-order chi connectivity index (χ1) is 17.0. The number of carbonyl (C=O) groups excluding carboxylic acids is 2. The Morgan fingerprint density at radius 3 is 2.36 bits per heavy atom. The molecule has 11 heteroatoms. The van der Waals surface area contributed by atoms with E-state index in [-0.39, 0.29) is 36.0 Å². The first kappa shape index (κ1) is 26.7. The summed E-state index contributed by atoms with van der Waals surface area (Å²) in [7, 11) is 1.43. The highest BCUT2D eigenvalue weighted by Gasteiger charge is 2.48. The van der Waals surface area contributed by atoms with Gasteiger partial charge < -0.3 is 19.1 Å². The van der Waals surface area contributed by atoms with Gasteiger partial charge in [0.25, 0.3) is 0 Å². The van der Waals surface area contributed by atoms with Gasteiger partial charge in [0.1, 0.15) is 11.8 Å². The molecule has 1 aliphatic rings. The van der Waals surface area contributed by atoms with Crippen molar-refractivity contribution >= 4 is 23.5 Å². The Labute approximate surface area is 206 Å². The molecule has 8 nitrogen and oxygen atoms in total. The smallest absolute Gasteiger partial charge is 0.416 e. The first-order valence-corrected chi connectivity index (χ1v) is 11.1. The molecule has 1 N–H and O–H groups in total. The molecular weight excluding hydrogens is 479 g/mol. The highest BCUT2D eigenvalue weighted by Crippen LogP contribution is 2.44. The number of halogens is 3. The van der Waals surface area contributed by atoms with E-state index in [2.05, 4.69) is 4.98 Å². The predicted octanol–water partition coefficient (Wildman–Crippen LogP) is 4.71. The molecule has 3 rings (SSSR count). The highest BCUT2D eigenvalue weighted by atomic mass is 19.4. The quantitative estimate of drug-likeness (QED) is 0.544. The Morgan fingerprint density at radius 1 is 1.11 bits per heavy atom. The summed E-state index contributed by atoms with van der Waals surface area (Å²) >= 11 is 0. The van der Waals surface area contributed by atoms with Crippen LogP contribution in [-0.4, -0.2) is 43.1 Å². The summed E-state index contributed by atoms with van der Waals surface area (Å²) in [4.78, 5) is 31.7. The molecule has 0 radical (unpaired) electrons. The largest absolute Gasteiger partial charge is 0.481 e. The summed E-state index contributed by atoms with van der Waals surface area (Å²) in [5.41, 5.74) is -0.402. The number of methoxy groups -OCH3 is 1. The van der Waals surface area contributed by atoms with Gasteiger partial charge in [0, 0.05) is 29.6 Å². The Bertz CT molecular complexity index is 1180. The molecule has 2 aromatic rings. The lowest BCUT2D eigenvalue weighted by Crippen LogP contribution is -2.48. The summed E-state index contributed by atoms with van der Waals surface area (Å²) in [6, 6.07) is 7.46. The van der Waals surface area contributed by atoms with Gasteiger partial charge >= 0.3 is 18.1 Å². The van der Waals surface area contributed by atoms with E-state index in [1.807, 2.05) is 0 Å². The average molecular weight is 505 g/mol. The number of nitrogens with one attached hydrogen (secondary N) is 1. The van der Waals surface area contributed by atoms with Crippen LogP contribution in [0.1, 0.15) is 37.8 Å². The third-order valence-electron chi connectivity index (χ3n) is 5.70. The lowest BCUT2D eigenvalue weighted by atomic mass is 9.76. The second-order valence-corrected chi connectivity index (χ2v) is 7.83. The summed E-state index contributed by atoms with van der Waals surface area (Å²) in [6.45, 7) is 4.71. The zero-order valence-corrected chi connectivity index (χ0v) is 20.2. The number of rotatable bonds is 7. The molecule has 0 fully saturated rings. The van der Waals surface area contributed by atoms with E-state index in [4.69, 9.17) is 19.6 Å². The van der Waals surface area contributed by atoms with Crippen molar-refractivity contribution in [3.63, 3.8) is 0 Å². The molecule has 0 saturated heterocycles. The van der Waals surface area contributed by atoms with Crippen molar-refractivity contribution < 1.29 is 37.0 Å². The van der Waals surface area contributed by atoms with Gasteiger partial charge in [0.15, 0.2) is 0 Å². The number of aromatic nitrogens is 1. The molecule has 36 heavy (non-hydrogen) atoms. The van der Waals surface area contributed by atoms with Gasteiger partial charge in [-0.3, -0.25) is 10.2 Å². The van der Waals surface area contributed by atoms with Gasteiger partial charge in [-0.2, -0.15) is 13.2 Å². The van der Waals surface area contributed by atoms with Crippen LogP contribution < -0.4 is 9.64 Å². The fraction of sp³-hybridized carbons (Fsp3) is 0.360. The average Bonchev–Trinajstić information content (AvgIpc) is 2.83. The molecule has 0 aliphatic carbocycles. The Hall–Kier alpha value is -3.89. The zero-order chi connectivity index (χ0) is 26.6. The summed E-state index contributed by atoms with van der Waals surface area (Å²) in [5.74, 6) is -4.03. The number of allylic oxidation sites excluding steroid dienone is 1. The fourth-order valence-electron chi connectivity index (χ4n) is 4.16. The van der Waals surface area contributed by atoms with Gasteiger partial charge in [-0.1, -0.05) is 12.1 Å². The van der Waals surface area contributed by atoms with Crippen LogP contribution in [0.3, 0.4) is 0 Å². The van der Waals surface area contributed by atoms with Crippen LogP contribution in [0.15, 0.2) is 53.9 Å². The van der Waals surface area contributed by atoms with Crippen molar-refractivity contribution in [2.24, 2.45) is 5.92 Å². The minimum atomic E-state index is -4.63. The minimum absolute atomic E-state index is 0.00279. The van der Waals surface area contributed by atoms with Crippen LogP contribution in [0.25, 0.3) is 0 Å². The monoisotopic (exact) mass is 505 g/mol. The van der Waals surface area contributed by atoms with Crippen molar-refractivity contribution in [1.29, 1.82) is 5.41 Å². The maximum absolute atomic E-state index is 13.4. The van der Waals surface area contributed by atoms with E-state index in [0.29, 0.717) is 11.4 Å². The maximum atomic E-state index is 13.4. The number of amidine groups is 1. The number of carbonyl (C=O) groups is 2. The lowest BCUT2D eigenvalue weighted by Gasteiger charge is -2.40. The third kappa shape index (κ3) is 5.19. The molecule has 2 heterocycles. The Kier molecular flexibility index (Phi) is 8.01. The standard InChI is InChI=1S/C25H26F3N3O5/c1-5-35-23(32)19-14(3)31(17-9-7-8-16(12-17)25(26,27)28)22(29)21(24(33)36-6-2)20(19)15-10-11-18(34-4)30-13-15/h7-13,20-21,29H,5-6H2,1-4H3. The van der Waals surface area contributed by atoms with E-state index in [1.165, 1.54) is 32.4 Å². The summed E-state index contributed by atoms with van der Waals surface area (Å²) in [6.07, 6.45) is -3.22. The number of ether oxygens (including phenoxy) is 3. The second kappa shape index (κ2) is 10.8. The highest BCUT2D eigenvalue weighted by molar-refractivity contribution is 6.14. The van der Waals surface area contributed by atoms with Crippen molar-refractivity contribution in [3.8, 4) is 5.88 Å². The molecule has 1 aromatic carbocycles. The summed E-state index contributed by atoms with van der Waals surface area (Å²) in [5, 5.41) is 8.91. The van der Waals surface area contributed by atoms with Gasteiger partial charge in [0.05, 0.1) is 31.5 Å². The van der Waals surface area contributed by atoms with Crippen LogP contribution in [0.2, 0.25) is 0 Å². The van der Waals surface area contributed by atoms with Crippen molar-refractivity contribution in [1.82, 2.24) is 4.98 Å². The van der Waals surface area contributed by atoms with E-state index in [9.17, 15) is 22.8 Å². The normalized spacial score (nSPS) is 18.2. The molecule has 192 valence electrons. The fourth-order valence-corrected chi connectivity index (χ4v) is 4.16. The number of pyridine rings is 1. The van der Waals surface area contributed by atoms with Crippen molar-refractivity contribution in [2.45, 2.75) is 32.9 Å². The van der Waals surface area contributed by atoms with Gasteiger partial charge in [0.2, 0.25) is 5.88 Å². The van der Waals surface area contributed by atoms with Crippen molar-refractivity contribution in [3.05, 3.63) is 65.0 Å². The number of anilines is 1. The van der Waals surface area contributed by atoms with Crippen LogP contribution in [-0.2, 0) is 25.2 Å². The molecule has 2 atom stereocenters. The Morgan fingerprint density at radius 2 is 1.81 bits per heavy atom. The molecule has 0 bridgehead atoms. The molecular formula is C25H26F3N3O5. The van der Waals surface area contributed by atoms with E-state index < -0.39 is 35.5 Å². The van der Waals surface area contributed by atoms with Crippen LogP contribution >= 0.6 is 0 Å². The topological polar surface area (TPSA) is 102 Å². The maximum Gasteiger partial charge on any atom is 0.416 e. The van der Waals surface area contributed by atoms with Crippen LogP contribution in [0.5, 0.6) is 5.88 Å². The molecule has 2 unspecified atom stereocenters. The zero-order valence-electron chi connectivity index (χ0n) is 20.2. The molecule has 1 aromatic heterocycles. The van der Waals surface area contributed by atoms with E-state index >= 15 is 0 Å². The van der Waals surface area contributed by atoms with E-state index in [1.54, 1.807) is 26.0 Å². The second-order valence-electron chi connectivity index (χ2n) is 7.83. The number of esters is 2. The van der Waals surface area contributed by atoms with Gasteiger partial charge in [-0.15, -0.1) is 0 Å². The third-order valence-corrected chi connectivity index (χ3v) is 5.70. The van der Waals surface area contributed by atoms with Crippen LogP contribution in [0, 0.1) is 11.3 Å². The number of nitrogens with zero attached hydrogens (tertiary/aromatic N) is 2. The summed E-state index contributed by atoms with van der Waals surface area (Å²) < 4.78 is 55.9. The first-order valence-electron chi connectivity index (χ1n) is 11.1. The number of hydrogen-bond acceptors (Lipinski definition) is 7. The van der Waals surface area contributed by atoms with Gasteiger partial charge in [-0.25, -0.2) is 9.78 Å². The molecule has 0 amide bonds. The number of hydrogen-bond donors (Lipinski definition) is 1. The lowest BCUT2D eigenvalue weighted by molar-refractivity contribution is -0.146. The molecule has 0 spiro atoms. The SMILES string of the molecule is CCOC(=O)C1=C(C)N(c2cccc(C(F)(F)F)c2)C(=N)C(C(=O)OCC)C1c1ccc(OC)nc1. The number of benzene rings is 1. The van der Waals surface area contributed by atoms with E-state index in [0.717, 1.165) is 17.0 Å². The minimum Gasteiger partial charge on any atom is -0.481 e. The molecule has 1 aliphatic heterocycles. The van der Waals surface area contributed by atoms with Gasteiger partial charge in [-0.05, 0) is 44.5 Å². The number of alkyl halides is 3. The van der Waals surface area contributed by atoms with Crippen molar-refractivity contribution in [2.75, 3.05) is 25.2 Å². The molecule has 0 saturated carbocycles. The van der Waals surface area contributed by atoms with Crippen LogP contribution in [0.4, 0.5) is 18.9 Å².